The molecule has 59 heavy (non-hydrogen) atoms. The molecule has 0 fully saturated rings. The monoisotopic (exact) mass is 751 g/mol. The van der Waals surface area contributed by atoms with E-state index in [1.807, 2.05) is 12.1 Å². The van der Waals surface area contributed by atoms with Gasteiger partial charge in [0, 0.05) is 27.7 Å². The minimum atomic E-state index is 0.882. The first-order valence-corrected chi connectivity index (χ1v) is 20.4. The van der Waals surface area contributed by atoms with Crippen molar-refractivity contribution in [1.82, 2.24) is 0 Å². The smallest absolute Gasteiger partial charge is 0.136 e. The SMILES string of the molecule is c1ccc(-c2cc(-c3ccccc3)cc(N(c3ccc(-c4ccc5c(c4)oc4ccccc45)cc3)c3ccc4c5cc(c6ccccc64)Cc4ccccc4-c35)c2)cc1. The number of furan rings is 1. The Morgan fingerprint density at radius 2 is 0.898 bits per heavy atom. The Morgan fingerprint density at radius 1 is 0.322 bits per heavy atom. The average Bonchev–Trinajstić information content (AvgIpc) is 3.59. The highest BCUT2D eigenvalue weighted by Gasteiger charge is 2.25. The van der Waals surface area contributed by atoms with Gasteiger partial charge in [-0.2, -0.15) is 0 Å². The molecular weight excluding hydrogens is 715 g/mol. The van der Waals surface area contributed by atoms with Crippen LogP contribution in [0.5, 0.6) is 0 Å². The van der Waals surface area contributed by atoms with Crippen LogP contribution in [0.3, 0.4) is 0 Å². The Kier molecular flexibility index (Phi) is 7.64. The van der Waals surface area contributed by atoms with E-state index in [0.29, 0.717) is 0 Å². The summed E-state index contributed by atoms with van der Waals surface area (Å²) in [6.45, 7) is 0. The normalized spacial score (nSPS) is 12.0. The number of fused-ring (bicyclic) bond motifs is 9. The Labute approximate surface area is 342 Å². The second kappa shape index (κ2) is 13.5. The van der Waals surface area contributed by atoms with E-state index in [-0.39, 0.29) is 0 Å². The van der Waals surface area contributed by atoms with Crippen molar-refractivity contribution >= 4 is 60.5 Å². The zero-order valence-electron chi connectivity index (χ0n) is 32.3. The molecule has 1 aliphatic rings. The summed E-state index contributed by atoms with van der Waals surface area (Å²) in [6, 6.07) is 77.5. The molecule has 0 unspecified atom stereocenters. The highest BCUT2D eigenvalue weighted by Crippen LogP contribution is 2.50. The van der Waals surface area contributed by atoms with Crippen LogP contribution in [0.25, 0.3) is 88.0 Å². The van der Waals surface area contributed by atoms with Crippen molar-refractivity contribution < 1.29 is 4.42 Å². The molecule has 276 valence electrons. The van der Waals surface area contributed by atoms with Crippen molar-refractivity contribution in [3.63, 3.8) is 0 Å². The van der Waals surface area contributed by atoms with E-state index in [9.17, 15) is 0 Å². The van der Waals surface area contributed by atoms with Crippen molar-refractivity contribution in [3.05, 3.63) is 223 Å². The van der Waals surface area contributed by atoms with Crippen LogP contribution in [-0.4, -0.2) is 0 Å². The van der Waals surface area contributed by atoms with Crippen molar-refractivity contribution in [2.45, 2.75) is 6.42 Å². The molecule has 0 amide bonds. The van der Waals surface area contributed by atoms with Crippen molar-refractivity contribution in [1.29, 1.82) is 0 Å². The molecule has 0 spiro atoms. The van der Waals surface area contributed by atoms with E-state index < -0.39 is 0 Å². The maximum Gasteiger partial charge on any atom is 0.136 e. The number of benzene rings is 10. The Morgan fingerprint density at radius 3 is 1.66 bits per heavy atom. The number of nitrogens with zero attached hydrogens (tertiary/aromatic N) is 1. The van der Waals surface area contributed by atoms with Gasteiger partial charge in [0.05, 0.1) is 5.69 Å². The fourth-order valence-electron chi connectivity index (χ4n) is 9.45. The zero-order chi connectivity index (χ0) is 38.9. The van der Waals surface area contributed by atoms with E-state index in [4.69, 9.17) is 4.42 Å². The van der Waals surface area contributed by atoms with Gasteiger partial charge in [0.25, 0.3) is 0 Å². The van der Waals surface area contributed by atoms with Gasteiger partial charge in [-0.3, -0.25) is 0 Å². The highest BCUT2D eigenvalue weighted by atomic mass is 16.3. The highest BCUT2D eigenvalue weighted by molar-refractivity contribution is 6.17. The topological polar surface area (TPSA) is 16.4 Å². The molecule has 2 nitrogen and oxygen atoms in total. The predicted octanol–water partition coefficient (Wildman–Crippen LogP) is 15.9. The summed E-state index contributed by atoms with van der Waals surface area (Å²) in [5.41, 5.74) is 17.3. The van der Waals surface area contributed by atoms with Gasteiger partial charge in [-0.15, -0.1) is 0 Å². The van der Waals surface area contributed by atoms with Gasteiger partial charge in [-0.1, -0.05) is 152 Å². The quantitative estimate of drug-likeness (QED) is 0.157. The molecule has 1 aliphatic carbocycles. The van der Waals surface area contributed by atoms with E-state index in [0.717, 1.165) is 56.5 Å². The summed E-state index contributed by atoms with van der Waals surface area (Å²) in [5.74, 6) is 0. The number of hydrogen-bond donors (Lipinski definition) is 0. The Hall–Kier alpha value is -7.68. The molecule has 2 heteroatoms. The molecule has 0 aliphatic heterocycles. The third-order valence-electron chi connectivity index (χ3n) is 12.2. The van der Waals surface area contributed by atoms with E-state index >= 15 is 0 Å². The summed E-state index contributed by atoms with van der Waals surface area (Å²) < 4.78 is 6.31. The number of anilines is 3. The number of rotatable bonds is 6. The van der Waals surface area contributed by atoms with Crippen LogP contribution in [0.4, 0.5) is 17.1 Å². The maximum absolute atomic E-state index is 6.31. The van der Waals surface area contributed by atoms with Gasteiger partial charge in [0.2, 0.25) is 0 Å². The Balaban J connectivity index is 1.11. The molecule has 12 rings (SSSR count). The molecule has 11 aromatic rings. The molecule has 1 aromatic heterocycles. The second-order valence-electron chi connectivity index (χ2n) is 15.7. The van der Waals surface area contributed by atoms with Gasteiger partial charge in [-0.05, 0) is 139 Å². The molecule has 2 bridgehead atoms. The molecule has 10 aromatic carbocycles. The fourth-order valence-corrected chi connectivity index (χ4v) is 9.45. The standard InChI is InChI=1S/C57H37NO/c1-3-13-37(14-4-1)42-32-43(38-15-5-2-6-16-38)34-46(33-42)58(45-26-23-39(24-27-45)40-25-28-52-51-21-11-12-22-55(51)59-56(52)36-40)54-30-29-50-49-20-10-9-18-47(49)44-31-41-17-7-8-19-48(41)57(54)53(50)35-44/h1-30,32-36H,31H2. The molecular formula is C57H37NO. The minimum absolute atomic E-state index is 0.882. The van der Waals surface area contributed by atoms with Gasteiger partial charge in [0.15, 0.2) is 0 Å². The van der Waals surface area contributed by atoms with E-state index in [2.05, 4.69) is 205 Å². The van der Waals surface area contributed by atoms with Gasteiger partial charge in [-0.25, -0.2) is 0 Å². The molecule has 0 radical (unpaired) electrons. The zero-order valence-corrected chi connectivity index (χ0v) is 32.3. The molecule has 1 heterocycles. The summed E-state index contributed by atoms with van der Waals surface area (Å²) in [6.07, 6.45) is 0.882. The Bertz CT molecular complexity index is 3340. The predicted molar refractivity (Wildman–Crippen MR) is 248 cm³/mol. The van der Waals surface area contributed by atoms with E-state index in [1.165, 1.54) is 66.1 Å². The minimum Gasteiger partial charge on any atom is -0.456 e. The molecule has 0 atom stereocenters. The van der Waals surface area contributed by atoms with Crippen molar-refractivity contribution in [2.24, 2.45) is 0 Å². The van der Waals surface area contributed by atoms with Gasteiger partial charge >= 0.3 is 0 Å². The van der Waals surface area contributed by atoms with Gasteiger partial charge in [0.1, 0.15) is 11.2 Å². The van der Waals surface area contributed by atoms with E-state index in [1.54, 1.807) is 0 Å². The average molecular weight is 752 g/mol. The summed E-state index contributed by atoms with van der Waals surface area (Å²) >= 11 is 0. The lowest BCUT2D eigenvalue weighted by Gasteiger charge is -2.30. The van der Waals surface area contributed by atoms with Crippen LogP contribution in [0.2, 0.25) is 0 Å². The maximum atomic E-state index is 6.31. The largest absolute Gasteiger partial charge is 0.456 e. The van der Waals surface area contributed by atoms with Crippen LogP contribution in [0.15, 0.2) is 217 Å². The van der Waals surface area contributed by atoms with Crippen LogP contribution in [-0.2, 0) is 6.42 Å². The number of para-hydroxylation sites is 1. The first-order chi connectivity index (χ1) is 29.2. The van der Waals surface area contributed by atoms with Gasteiger partial charge < -0.3 is 9.32 Å². The lowest BCUT2D eigenvalue weighted by molar-refractivity contribution is 0.669. The molecule has 0 N–H and O–H groups in total. The summed E-state index contributed by atoms with van der Waals surface area (Å²) in [7, 11) is 0. The second-order valence-corrected chi connectivity index (χ2v) is 15.7. The first kappa shape index (κ1) is 33.5. The fraction of sp³-hybridized carbons (Fsp3) is 0.0175. The lowest BCUT2D eigenvalue weighted by Crippen LogP contribution is -2.12. The summed E-state index contributed by atoms with van der Waals surface area (Å²) in [4.78, 5) is 2.48. The molecule has 0 saturated heterocycles. The lowest BCUT2D eigenvalue weighted by atomic mass is 9.92. The van der Waals surface area contributed by atoms with Crippen molar-refractivity contribution in [3.8, 4) is 44.5 Å². The van der Waals surface area contributed by atoms with Crippen molar-refractivity contribution in [2.75, 3.05) is 4.90 Å². The summed E-state index contributed by atoms with van der Waals surface area (Å²) in [5, 5.41) is 7.46. The van der Waals surface area contributed by atoms with Crippen LogP contribution in [0, 0.1) is 0 Å². The van der Waals surface area contributed by atoms with Crippen LogP contribution in [0.1, 0.15) is 11.1 Å². The third-order valence-corrected chi connectivity index (χ3v) is 12.2. The van der Waals surface area contributed by atoms with Crippen LogP contribution >= 0.6 is 0 Å². The number of hydrogen-bond acceptors (Lipinski definition) is 2. The van der Waals surface area contributed by atoms with Crippen LogP contribution < -0.4 is 4.90 Å². The molecule has 0 saturated carbocycles. The first-order valence-electron chi connectivity index (χ1n) is 20.4. The third kappa shape index (κ3) is 5.56.